The van der Waals surface area contributed by atoms with Gasteiger partial charge in [-0.3, -0.25) is 9.89 Å². The van der Waals surface area contributed by atoms with Crippen molar-refractivity contribution < 1.29 is 4.74 Å². The lowest BCUT2D eigenvalue weighted by Gasteiger charge is -2.37. The molecule has 1 aromatic carbocycles. The van der Waals surface area contributed by atoms with Crippen molar-refractivity contribution in [2.45, 2.75) is 13.0 Å². The Kier molecular flexibility index (Phi) is 8.48. The van der Waals surface area contributed by atoms with Gasteiger partial charge in [0.15, 0.2) is 5.96 Å². The maximum absolute atomic E-state index is 5.89. The van der Waals surface area contributed by atoms with Crippen molar-refractivity contribution in [3.05, 3.63) is 29.3 Å². The first-order chi connectivity index (χ1) is 12.5. The van der Waals surface area contributed by atoms with Crippen LogP contribution in [0.3, 0.4) is 0 Å². The highest BCUT2D eigenvalue weighted by Gasteiger charge is 2.19. The minimum absolute atomic E-state index is 0.485. The first-order valence-corrected chi connectivity index (χ1v) is 9.60. The van der Waals surface area contributed by atoms with Gasteiger partial charge in [-0.1, -0.05) is 11.6 Å². The van der Waals surface area contributed by atoms with Crippen molar-refractivity contribution in [3.63, 3.8) is 0 Å². The van der Waals surface area contributed by atoms with Crippen LogP contribution in [0.2, 0.25) is 5.02 Å². The Labute approximate surface area is 162 Å². The average molecular weight is 382 g/mol. The predicted molar refractivity (Wildman–Crippen MR) is 109 cm³/mol. The third-order valence-corrected chi connectivity index (χ3v) is 5.05. The summed E-state index contributed by atoms with van der Waals surface area (Å²) in [5, 5.41) is 4.20. The van der Waals surface area contributed by atoms with E-state index in [9.17, 15) is 0 Å². The van der Waals surface area contributed by atoms with Crippen LogP contribution in [0.4, 0.5) is 0 Å². The molecule has 0 spiro atoms. The molecule has 0 aromatic heterocycles. The Hall–Kier alpha value is -1.50. The zero-order chi connectivity index (χ0) is 18.9. The van der Waals surface area contributed by atoms with Crippen molar-refractivity contribution in [3.8, 4) is 5.75 Å². The van der Waals surface area contributed by atoms with E-state index in [0.29, 0.717) is 17.7 Å². The van der Waals surface area contributed by atoms with Crippen LogP contribution in [-0.4, -0.2) is 93.7 Å². The summed E-state index contributed by atoms with van der Waals surface area (Å²) in [5.74, 6) is 1.72. The number of aliphatic imine (C=N–C) groups is 1. The molecule has 146 valence electrons. The largest absolute Gasteiger partial charge is 0.492 e. The van der Waals surface area contributed by atoms with Crippen LogP contribution in [-0.2, 0) is 0 Å². The van der Waals surface area contributed by atoms with Crippen molar-refractivity contribution >= 4 is 17.6 Å². The van der Waals surface area contributed by atoms with Gasteiger partial charge in [0.2, 0.25) is 0 Å². The summed E-state index contributed by atoms with van der Waals surface area (Å²) in [6.07, 6.45) is 0. The molecule has 1 aliphatic heterocycles. The molecule has 2 rings (SSSR count). The monoisotopic (exact) mass is 381 g/mol. The number of halogens is 1. The van der Waals surface area contributed by atoms with Crippen molar-refractivity contribution in [2.24, 2.45) is 4.99 Å². The summed E-state index contributed by atoms with van der Waals surface area (Å²) in [4.78, 5) is 11.4. The Morgan fingerprint density at radius 1 is 1.27 bits per heavy atom. The SMILES string of the molecule is CN=C(NCC(C)N1CCN(C)CC1)N(C)CCOc1ccc(Cl)cc1. The summed E-state index contributed by atoms with van der Waals surface area (Å²) >= 11 is 5.89. The molecule has 0 amide bonds. The number of hydrogen-bond donors (Lipinski definition) is 1. The number of benzene rings is 1. The van der Waals surface area contributed by atoms with E-state index in [0.717, 1.165) is 51.0 Å². The van der Waals surface area contributed by atoms with Gasteiger partial charge in [0, 0.05) is 57.9 Å². The first kappa shape index (κ1) is 20.8. The number of piperazine rings is 1. The van der Waals surface area contributed by atoms with Gasteiger partial charge < -0.3 is 19.9 Å². The van der Waals surface area contributed by atoms with E-state index in [4.69, 9.17) is 16.3 Å². The molecule has 0 bridgehead atoms. The number of hydrogen-bond acceptors (Lipinski definition) is 4. The van der Waals surface area contributed by atoms with Crippen molar-refractivity contribution in [1.29, 1.82) is 0 Å². The van der Waals surface area contributed by atoms with Crippen molar-refractivity contribution in [2.75, 3.05) is 67.0 Å². The number of nitrogens with one attached hydrogen (secondary N) is 1. The second-order valence-electron chi connectivity index (χ2n) is 6.84. The van der Waals surface area contributed by atoms with Crippen LogP contribution in [0.1, 0.15) is 6.92 Å². The van der Waals surface area contributed by atoms with Gasteiger partial charge in [-0.2, -0.15) is 0 Å². The van der Waals surface area contributed by atoms with Crippen LogP contribution in [0, 0.1) is 0 Å². The van der Waals surface area contributed by atoms with Gasteiger partial charge in [0.25, 0.3) is 0 Å². The van der Waals surface area contributed by atoms with E-state index in [-0.39, 0.29) is 0 Å². The number of nitrogens with zero attached hydrogens (tertiary/aromatic N) is 4. The number of ether oxygens (including phenoxy) is 1. The van der Waals surface area contributed by atoms with Gasteiger partial charge >= 0.3 is 0 Å². The van der Waals surface area contributed by atoms with E-state index in [1.807, 2.05) is 38.4 Å². The molecular weight excluding hydrogens is 350 g/mol. The van der Waals surface area contributed by atoms with Crippen LogP contribution in [0.25, 0.3) is 0 Å². The van der Waals surface area contributed by atoms with Crippen LogP contribution in [0.5, 0.6) is 5.75 Å². The highest BCUT2D eigenvalue weighted by molar-refractivity contribution is 6.30. The maximum atomic E-state index is 5.89. The van der Waals surface area contributed by atoms with E-state index >= 15 is 0 Å². The van der Waals surface area contributed by atoms with Gasteiger partial charge in [0.1, 0.15) is 12.4 Å². The van der Waals surface area contributed by atoms with E-state index in [2.05, 4.69) is 39.0 Å². The molecule has 1 aromatic rings. The highest BCUT2D eigenvalue weighted by atomic mass is 35.5. The molecule has 1 fully saturated rings. The second-order valence-corrected chi connectivity index (χ2v) is 7.28. The smallest absolute Gasteiger partial charge is 0.193 e. The summed E-state index contributed by atoms with van der Waals surface area (Å²) in [5.41, 5.74) is 0. The summed E-state index contributed by atoms with van der Waals surface area (Å²) < 4.78 is 5.76. The number of likely N-dealkylation sites (N-methyl/N-ethyl adjacent to an activating group) is 2. The number of rotatable bonds is 7. The Morgan fingerprint density at radius 3 is 2.54 bits per heavy atom. The average Bonchev–Trinajstić information content (AvgIpc) is 2.64. The minimum atomic E-state index is 0.485. The standard InChI is InChI=1S/C19H32ClN5O/c1-16(25-11-9-23(3)10-12-25)15-22-19(21-2)24(4)13-14-26-18-7-5-17(20)6-8-18/h5-8,16H,9-15H2,1-4H3,(H,21,22). The molecule has 0 radical (unpaired) electrons. The van der Waals surface area contributed by atoms with E-state index in [1.54, 1.807) is 0 Å². The third-order valence-electron chi connectivity index (χ3n) is 4.80. The fraction of sp³-hybridized carbons (Fsp3) is 0.632. The lowest BCUT2D eigenvalue weighted by Crippen LogP contribution is -2.52. The molecule has 1 atom stereocenters. The summed E-state index contributed by atoms with van der Waals surface area (Å²) in [6.45, 7) is 9.04. The minimum Gasteiger partial charge on any atom is -0.492 e. The quantitative estimate of drug-likeness (QED) is 0.577. The van der Waals surface area contributed by atoms with Gasteiger partial charge in [-0.25, -0.2) is 0 Å². The molecule has 1 N–H and O–H groups in total. The molecule has 7 heteroatoms. The zero-order valence-electron chi connectivity index (χ0n) is 16.4. The fourth-order valence-corrected chi connectivity index (χ4v) is 3.08. The number of guanidine groups is 1. The molecular formula is C19H32ClN5O. The van der Waals surface area contributed by atoms with Crippen LogP contribution in [0.15, 0.2) is 29.3 Å². The molecule has 6 nitrogen and oxygen atoms in total. The lowest BCUT2D eigenvalue weighted by atomic mass is 10.2. The van der Waals surface area contributed by atoms with Gasteiger partial charge in [0.05, 0.1) is 6.54 Å². The Balaban J connectivity index is 1.70. The third kappa shape index (κ3) is 6.67. The molecule has 1 heterocycles. The summed E-state index contributed by atoms with van der Waals surface area (Å²) in [7, 11) is 6.03. The molecule has 1 aliphatic rings. The summed E-state index contributed by atoms with van der Waals surface area (Å²) in [6, 6.07) is 7.92. The Bertz CT molecular complexity index is 558. The second kappa shape index (κ2) is 10.6. The van der Waals surface area contributed by atoms with Gasteiger partial charge in [-0.15, -0.1) is 0 Å². The molecule has 0 aliphatic carbocycles. The lowest BCUT2D eigenvalue weighted by molar-refractivity contribution is 0.119. The topological polar surface area (TPSA) is 43.3 Å². The zero-order valence-corrected chi connectivity index (χ0v) is 17.2. The van der Waals surface area contributed by atoms with E-state index < -0.39 is 0 Å². The fourth-order valence-electron chi connectivity index (χ4n) is 2.95. The predicted octanol–water partition coefficient (Wildman–Crippen LogP) is 1.86. The molecule has 26 heavy (non-hydrogen) atoms. The maximum Gasteiger partial charge on any atom is 0.193 e. The normalized spacial score (nSPS) is 17.8. The highest BCUT2D eigenvalue weighted by Crippen LogP contribution is 2.15. The molecule has 1 unspecified atom stereocenters. The van der Waals surface area contributed by atoms with E-state index in [1.165, 1.54) is 0 Å². The molecule has 0 saturated carbocycles. The van der Waals surface area contributed by atoms with Gasteiger partial charge in [-0.05, 0) is 38.2 Å². The molecule has 1 saturated heterocycles. The first-order valence-electron chi connectivity index (χ1n) is 9.22. The van der Waals surface area contributed by atoms with Crippen molar-refractivity contribution in [1.82, 2.24) is 20.0 Å². The Morgan fingerprint density at radius 2 is 1.92 bits per heavy atom. The van der Waals surface area contributed by atoms with Crippen LogP contribution < -0.4 is 10.1 Å². The van der Waals surface area contributed by atoms with Crippen LogP contribution >= 0.6 is 11.6 Å².